The van der Waals surface area contributed by atoms with Crippen LogP contribution in [0.5, 0.6) is 0 Å². The quantitative estimate of drug-likeness (QED) is 0.610. The van der Waals surface area contributed by atoms with Gasteiger partial charge in [0.1, 0.15) is 0 Å². The molecule has 0 saturated carbocycles. The van der Waals surface area contributed by atoms with E-state index in [1.807, 2.05) is 12.1 Å². The SMILES string of the molecule is CC(C)(C)Cc1cc(Cl)c(CC(C)(C)C)cc1Cl. The van der Waals surface area contributed by atoms with Gasteiger partial charge in [0.15, 0.2) is 0 Å². The molecular formula is C16H24Cl2. The van der Waals surface area contributed by atoms with Crippen molar-refractivity contribution in [3.8, 4) is 0 Å². The molecule has 0 heterocycles. The predicted molar refractivity (Wildman–Crippen MR) is 82.8 cm³/mol. The Kier molecular flexibility index (Phi) is 4.78. The molecule has 0 bridgehead atoms. The molecule has 18 heavy (non-hydrogen) atoms. The Morgan fingerprint density at radius 1 is 0.722 bits per heavy atom. The molecule has 0 fully saturated rings. The van der Waals surface area contributed by atoms with Gasteiger partial charge in [0, 0.05) is 10.0 Å². The first-order valence-corrected chi connectivity index (χ1v) is 7.20. The summed E-state index contributed by atoms with van der Waals surface area (Å²) in [5.74, 6) is 0. The van der Waals surface area contributed by atoms with Crippen molar-refractivity contribution >= 4 is 23.2 Å². The average molecular weight is 287 g/mol. The molecule has 0 aromatic heterocycles. The summed E-state index contributed by atoms with van der Waals surface area (Å²) < 4.78 is 0. The van der Waals surface area contributed by atoms with Crippen LogP contribution in [-0.4, -0.2) is 0 Å². The minimum atomic E-state index is 0.221. The van der Waals surface area contributed by atoms with Crippen molar-refractivity contribution in [1.29, 1.82) is 0 Å². The third-order valence-electron chi connectivity index (χ3n) is 2.66. The van der Waals surface area contributed by atoms with Gasteiger partial charge in [0.2, 0.25) is 0 Å². The van der Waals surface area contributed by atoms with Gasteiger partial charge in [-0.15, -0.1) is 0 Å². The van der Waals surface area contributed by atoms with E-state index < -0.39 is 0 Å². The maximum Gasteiger partial charge on any atom is 0.0441 e. The van der Waals surface area contributed by atoms with Crippen molar-refractivity contribution in [2.45, 2.75) is 54.4 Å². The molecule has 0 amide bonds. The van der Waals surface area contributed by atoms with E-state index in [-0.39, 0.29) is 10.8 Å². The highest BCUT2D eigenvalue weighted by Gasteiger charge is 2.18. The molecule has 0 radical (unpaired) electrons. The van der Waals surface area contributed by atoms with E-state index in [2.05, 4.69) is 41.5 Å². The summed E-state index contributed by atoms with van der Waals surface area (Å²) in [4.78, 5) is 0. The van der Waals surface area contributed by atoms with Crippen LogP contribution in [0.2, 0.25) is 10.0 Å². The van der Waals surface area contributed by atoms with Crippen LogP contribution >= 0.6 is 23.2 Å². The Balaban J connectivity index is 3.05. The van der Waals surface area contributed by atoms with E-state index in [0.717, 1.165) is 34.0 Å². The third-order valence-corrected chi connectivity index (χ3v) is 3.36. The Morgan fingerprint density at radius 2 is 1.00 bits per heavy atom. The molecule has 0 aliphatic rings. The summed E-state index contributed by atoms with van der Waals surface area (Å²) in [6.07, 6.45) is 1.89. The van der Waals surface area contributed by atoms with E-state index in [9.17, 15) is 0 Å². The molecule has 0 spiro atoms. The Bertz CT molecular complexity index is 378. The Labute approximate surface area is 122 Å². The first-order chi connectivity index (χ1) is 7.98. The molecule has 0 aliphatic heterocycles. The molecule has 0 aliphatic carbocycles. The summed E-state index contributed by atoms with van der Waals surface area (Å²) in [5.41, 5.74) is 2.73. The molecule has 1 rings (SSSR count). The highest BCUT2D eigenvalue weighted by Crippen LogP contribution is 2.33. The summed E-state index contributed by atoms with van der Waals surface area (Å²) >= 11 is 12.8. The summed E-state index contributed by atoms with van der Waals surface area (Å²) in [6, 6.07) is 4.08. The lowest BCUT2D eigenvalue weighted by Gasteiger charge is -2.22. The molecule has 1 aromatic carbocycles. The lowest BCUT2D eigenvalue weighted by atomic mass is 9.85. The second kappa shape index (κ2) is 5.43. The van der Waals surface area contributed by atoms with Gasteiger partial charge in [-0.25, -0.2) is 0 Å². The van der Waals surface area contributed by atoms with Gasteiger partial charge in [-0.3, -0.25) is 0 Å². The van der Waals surface area contributed by atoms with Crippen LogP contribution < -0.4 is 0 Å². The lowest BCUT2D eigenvalue weighted by molar-refractivity contribution is 0.407. The maximum absolute atomic E-state index is 6.38. The Hall–Kier alpha value is -0.200. The van der Waals surface area contributed by atoms with Crippen LogP contribution in [-0.2, 0) is 12.8 Å². The smallest absolute Gasteiger partial charge is 0.0441 e. The van der Waals surface area contributed by atoms with E-state index in [1.54, 1.807) is 0 Å². The standard InChI is InChI=1S/C16H24Cl2/c1-15(2,3)9-11-7-14(18)12(8-13(11)17)10-16(4,5)6/h7-8H,9-10H2,1-6H3. The average Bonchev–Trinajstić information content (AvgIpc) is 2.08. The number of rotatable bonds is 2. The fourth-order valence-electron chi connectivity index (χ4n) is 2.04. The molecule has 2 heteroatoms. The minimum absolute atomic E-state index is 0.221. The summed E-state index contributed by atoms with van der Waals surface area (Å²) in [7, 11) is 0. The highest BCUT2D eigenvalue weighted by molar-refractivity contribution is 6.34. The molecule has 0 unspecified atom stereocenters. The van der Waals surface area contributed by atoms with Crippen molar-refractivity contribution in [2.75, 3.05) is 0 Å². The van der Waals surface area contributed by atoms with Crippen molar-refractivity contribution in [1.82, 2.24) is 0 Å². The zero-order valence-corrected chi connectivity index (χ0v) is 13.8. The number of halogens is 2. The lowest BCUT2D eigenvalue weighted by Crippen LogP contribution is -2.12. The monoisotopic (exact) mass is 286 g/mol. The maximum atomic E-state index is 6.38. The largest absolute Gasteiger partial charge is 0.0840 e. The van der Waals surface area contributed by atoms with Crippen molar-refractivity contribution in [2.24, 2.45) is 10.8 Å². The van der Waals surface area contributed by atoms with Crippen molar-refractivity contribution in [3.05, 3.63) is 33.3 Å². The van der Waals surface area contributed by atoms with E-state index in [0.29, 0.717) is 0 Å². The van der Waals surface area contributed by atoms with Gasteiger partial charge in [-0.2, -0.15) is 0 Å². The van der Waals surface area contributed by atoms with Crippen LogP contribution in [0.4, 0.5) is 0 Å². The molecule has 1 aromatic rings. The van der Waals surface area contributed by atoms with Gasteiger partial charge < -0.3 is 0 Å². The molecule has 0 nitrogen and oxygen atoms in total. The van der Waals surface area contributed by atoms with Gasteiger partial charge in [-0.05, 0) is 46.9 Å². The van der Waals surface area contributed by atoms with Gasteiger partial charge in [-0.1, -0.05) is 64.7 Å². The van der Waals surface area contributed by atoms with E-state index in [4.69, 9.17) is 23.2 Å². The number of benzene rings is 1. The highest BCUT2D eigenvalue weighted by atomic mass is 35.5. The van der Waals surface area contributed by atoms with Crippen LogP contribution in [0.25, 0.3) is 0 Å². The number of hydrogen-bond acceptors (Lipinski definition) is 0. The van der Waals surface area contributed by atoms with E-state index in [1.165, 1.54) is 0 Å². The first-order valence-electron chi connectivity index (χ1n) is 6.45. The molecule has 0 atom stereocenters. The Morgan fingerprint density at radius 3 is 1.22 bits per heavy atom. The fraction of sp³-hybridized carbons (Fsp3) is 0.625. The number of hydrogen-bond donors (Lipinski definition) is 0. The van der Waals surface area contributed by atoms with Crippen LogP contribution in [0.1, 0.15) is 52.7 Å². The van der Waals surface area contributed by atoms with Gasteiger partial charge >= 0.3 is 0 Å². The predicted octanol–water partition coefficient (Wildman–Crippen LogP) is 6.17. The van der Waals surface area contributed by atoms with Crippen molar-refractivity contribution < 1.29 is 0 Å². The molecule has 0 saturated heterocycles. The van der Waals surface area contributed by atoms with Crippen molar-refractivity contribution in [3.63, 3.8) is 0 Å². The summed E-state index contributed by atoms with van der Waals surface area (Å²) in [5, 5.41) is 1.68. The third kappa shape index (κ3) is 5.20. The van der Waals surface area contributed by atoms with Crippen LogP contribution in [0, 0.1) is 10.8 Å². The van der Waals surface area contributed by atoms with Gasteiger partial charge in [0.25, 0.3) is 0 Å². The van der Waals surface area contributed by atoms with Crippen LogP contribution in [0.3, 0.4) is 0 Å². The van der Waals surface area contributed by atoms with Gasteiger partial charge in [0.05, 0.1) is 0 Å². The minimum Gasteiger partial charge on any atom is -0.0840 e. The topological polar surface area (TPSA) is 0 Å². The first kappa shape index (κ1) is 15.9. The zero-order chi connectivity index (χ0) is 14.1. The normalized spacial score (nSPS) is 12.9. The fourth-order valence-corrected chi connectivity index (χ4v) is 2.55. The second-order valence-corrected chi connectivity index (χ2v) is 8.32. The molecule has 0 N–H and O–H groups in total. The van der Waals surface area contributed by atoms with Crippen LogP contribution in [0.15, 0.2) is 12.1 Å². The summed E-state index contributed by atoms with van der Waals surface area (Å²) in [6.45, 7) is 13.3. The molecule has 102 valence electrons. The second-order valence-electron chi connectivity index (χ2n) is 7.51. The molecular weight excluding hydrogens is 263 g/mol. The van der Waals surface area contributed by atoms with E-state index >= 15 is 0 Å². The zero-order valence-electron chi connectivity index (χ0n) is 12.3.